The monoisotopic (exact) mass is 412 g/mol. The number of thiophene rings is 1. The van der Waals surface area contributed by atoms with Gasteiger partial charge in [-0.25, -0.2) is 4.39 Å². The van der Waals surface area contributed by atoms with Gasteiger partial charge in [-0.15, -0.1) is 11.3 Å². The van der Waals surface area contributed by atoms with Crippen molar-refractivity contribution in [3.05, 3.63) is 64.0 Å². The Kier molecular flexibility index (Phi) is 4.44. The van der Waals surface area contributed by atoms with Crippen molar-refractivity contribution in [3.8, 4) is 11.3 Å². The number of nitrogens with one attached hydrogen (secondary N) is 3. The average Bonchev–Trinajstić information content (AvgIpc) is 3.32. The Morgan fingerprint density at radius 3 is 2.72 bits per heavy atom. The van der Waals surface area contributed by atoms with E-state index in [1.54, 1.807) is 28.4 Å². The van der Waals surface area contributed by atoms with Gasteiger partial charge < -0.3 is 20.0 Å². The summed E-state index contributed by atoms with van der Waals surface area (Å²) >= 11 is 1.69. The number of carbonyl (C=O) groups is 1. The third kappa shape index (κ3) is 3.24. The van der Waals surface area contributed by atoms with Gasteiger partial charge in [-0.3, -0.25) is 4.79 Å². The van der Waals surface area contributed by atoms with Crippen LogP contribution in [-0.4, -0.2) is 18.5 Å². The summed E-state index contributed by atoms with van der Waals surface area (Å²) in [6.07, 6.45) is 0.516. The predicted molar refractivity (Wildman–Crippen MR) is 111 cm³/mol. The van der Waals surface area contributed by atoms with Crippen LogP contribution in [0, 0.1) is 5.82 Å². The van der Waals surface area contributed by atoms with Crippen LogP contribution in [0.3, 0.4) is 0 Å². The molecule has 1 aromatic carbocycles. The van der Waals surface area contributed by atoms with Gasteiger partial charge in [0.05, 0.1) is 23.0 Å². The van der Waals surface area contributed by atoms with Crippen LogP contribution in [-0.2, 0) is 13.0 Å². The van der Waals surface area contributed by atoms with E-state index >= 15 is 0 Å². The predicted octanol–water partition coefficient (Wildman–Crippen LogP) is 3.35. The van der Waals surface area contributed by atoms with Crippen LogP contribution in [0.2, 0.25) is 0 Å². The fourth-order valence-electron chi connectivity index (χ4n) is 4.12. The molecule has 5 rings (SSSR count). The summed E-state index contributed by atoms with van der Waals surface area (Å²) in [7, 11) is 0. The molecule has 4 heterocycles. The number of hydrogen-bond acceptors (Lipinski definition) is 4. The quantitative estimate of drug-likeness (QED) is 0.618. The van der Waals surface area contributed by atoms with E-state index < -0.39 is 6.17 Å². The van der Waals surface area contributed by atoms with Crippen molar-refractivity contribution in [2.75, 3.05) is 11.9 Å². The molecular weight excluding hydrogens is 389 g/mol. The van der Waals surface area contributed by atoms with E-state index in [0.717, 1.165) is 35.6 Å². The highest BCUT2D eigenvalue weighted by molar-refractivity contribution is 7.16. The minimum atomic E-state index is -0.419. The highest BCUT2D eigenvalue weighted by atomic mass is 32.1. The lowest BCUT2D eigenvalue weighted by Gasteiger charge is -2.28. The lowest BCUT2D eigenvalue weighted by Crippen LogP contribution is -3.14. The lowest BCUT2D eigenvalue weighted by molar-refractivity contribution is -0.936. The zero-order chi connectivity index (χ0) is 20.1. The van der Waals surface area contributed by atoms with Crippen LogP contribution in [0.1, 0.15) is 46.6 Å². The van der Waals surface area contributed by atoms with E-state index in [-0.39, 0.29) is 11.7 Å². The first-order valence-electron chi connectivity index (χ1n) is 9.92. The molecule has 3 aromatic rings. The Morgan fingerprint density at radius 2 is 1.97 bits per heavy atom. The first-order valence-corrected chi connectivity index (χ1v) is 10.7. The normalized spacial score (nSPS) is 20.8. The smallest absolute Gasteiger partial charge is 0.256 e. The van der Waals surface area contributed by atoms with Crippen LogP contribution in [0.25, 0.3) is 11.3 Å². The Bertz CT molecular complexity index is 1070. The van der Waals surface area contributed by atoms with Crippen LogP contribution in [0.15, 0.2) is 40.8 Å². The standard InChI is InChI=1S/C22H22FN3O2S/c1-12(2)26-10-9-15-18(11-26)29-22-19(15)21(27)24-20(25-22)17-8-7-16(28-17)13-3-5-14(23)6-4-13/h3-8,12,20,25H,9-11H2,1-2H3,(H,24,27)/p+1/t20-/m0/s1. The van der Waals surface area contributed by atoms with Gasteiger partial charge in [0.15, 0.2) is 6.17 Å². The number of amides is 1. The number of rotatable bonds is 3. The van der Waals surface area contributed by atoms with Gasteiger partial charge in [-0.2, -0.15) is 0 Å². The van der Waals surface area contributed by atoms with E-state index in [4.69, 9.17) is 4.42 Å². The summed E-state index contributed by atoms with van der Waals surface area (Å²) in [5.74, 6) is 0.940. The number of hydrogen-bond donors (Lipinski definition) is 3. The van der Waals surface area contributed by atoms with Crippen molar-refractivity contribution < 1.29 is 18.5 Å². The number of fused-ring (bicyclic) bond motifs is 3. The molecule has 2 atom stereocenters. The van der Waals surface area contributed by atoms with Gasteiger partial charge in [-0.05, 0) is 55.8 Å². The summed E-state index contributed by atoms with van der Waals surface area (Å²) in [6.45, 7) is 6.51. The number of carbonyl (C=O) groups excluding carboxylic acids is 1. The largest absolute Gasteiger partial charge is 0.457 e. The van der Waals surface area contributed by atoms with Gasteiger partial charge in [0, 0.05) is 12.0 Å². The van der Waals surface area contributed by atoms with Crippen molar-refractivity contribution in [3.63, 3.8) is 0 Å². The van der Waals surface area contributed by atoms with E-state index in [0.29, 0.717) is 17.6 Å². The molecule has 0 fully saturated rings. The molecule has 0 spiro atoms. The second kappa shape index (κ2) is 7.00. The van der Waals surface area contributed by atoms with E-state index in [1.165, 1.54) is 22.6 Å². The number of furan rings is 1. The molecule has 1 amide bonds. The summed E-state index contributed by atoms with van der Waals surface area (Å²) in [6, 6.07) is 10.4. The third-order valence-electron chi connectivity index (χ3n) is 5.81. The second-order valence-electron chi connectivity index (χ2n) is 7.96. The molecule has 0 saturated heterocycles. The molecule has 0 aliphatic carbocycles. The molecule has 0 radical (unpaired) electrons. The highest BCUT2D eigenvalue weighted by Crippen LogP contribution is 2.39. The molecule has 3 N–H and O–H groups in total. The van der Waals surface area contributed by atoms with Gasteiger partial charge in [0.1, 0.15) is 28.9 Å². The Morgan fingerprint density at radius 1 is 1.17 bits per heavy atom. The lowest BCUT2D eigenvalue weighted by atomic mass is 10.0. The summed E-state index contributed by atoms with van der Waals surface area (Å²) < 4.78 is 19.1. The van der Waals surface area contributed by atoms with Crippen molar-refractivity contribution >= 4 is 22.2 Å². The molecule has 150 valence electrons. The Labute approximate surface area is 172 Å². The first kappa shape index (κ1) is 18.4. The number of anilines is 1. The zero-order valence-corrected chi connectivity index (χ0v) is 17.2. The van der Waals surface area contributed by atoms with Gasteiger partial charge >= 0.3 is 0 Å². The van der Waals surface area contributed by atoms with E-state index in [1.807, 2.05) is 12.1 Å². The van der Waals surface area contributed by atoms with Gasteiger partial charge in [0.2, 0.25) is 0 Å². The maximum absolute atomic E-state index is 13.2. The number of halogens is 1. The third-order valence-corrected chi connectivity index (χ3v) is 6.97. The van der Waals surface area contributed by atoms with Crippen molar-refractivity contribution in [2.45, 2.75) is 39.0 Å². The molecule has 2 aliphatic rings. The van der Waals surface area contributed by atoms with Crippen LogP contribution in [0.4, 0.5) is 9.39 Å². The molecular formula is C22H23FN3O2S+. The molecule has 2 aromatic heterocycles. The minimum Gasteiger partial charge on any atom is -0.457 e. The van der Waals surface area contributed by atoms with Crippen LogP contribution < -0.4 is 15.5 Å². The fourth-order valence-corrected chi connectivity index (χ4v) is 5.45. The SMILES string of the molecule is CC(C)[NH+]1CCc2c(sc3c2C(=O)N[C@H](c2ccc(-c4ccc(F)cc4)o2)N3)C1. The molecule has 7 heteroatoms. The average molecular weight is 413 g/mol. The van der Waals surface area contributed by atoms with E-state index in [9.17, 15) is 9.18 Å². The van der Waals surface area contributed by atoms with Gasteiger partial charge in [-0.1, -0.05) is 0 Å². The number of benzene rings is 1. The van der Waals surface area contributed by atoms with Crippen molar-refractivity contribution in [1.29, 1.82) is 0 Å². The maximum atomic E-state index is 13.2. The molecule has 0 saturated carbocycles. The Hall–Kier alpha value is -2.64. The topological polar surface area (TPSA) is 58.7 Å². The van der Waals surface area contributed by atoms with Crippen molar-refractivity contribution in [2.24, 2.45) is 0 Å². The molecule has 29 heavy (non-hydrogen) atoms. The Balaban J connectivity index is 1.41. The fraction of sp³-hybridized carbons (Fsp3) is 0.318. The molecule has 5 nitrogen and oxygen atoms in total. The molecule has 2 aliphatic heterocycles. The van der Waals surface area contributed by atoms with Crippen molar-refractivity contribution in [1.82, 2.24) is 5.32 Å². The molecule has 0 bridgehead atoms. The second-order valence-corrected chi connectivity index (χ2v) is 9.06. The summed E-state index contributed by atoms with van der Waals surface area (Å²) in [5, 5.41) is 7.40. The van der Waals surface area contributed by atoms with Gasteiger partial charge in [0.25, 0.3) is 5.91 Å². The summed E-state index contributed by atoms with van der Waals surface area (Å²) in [4.78, 5) is 15.8. The minimum absolute atomic E-state index is 0.0472. The van der Waals surface area contributed by atoms with Crippen LogP contribution in [0.5, 0.6) is 0 Å². The van der Waals surface area contributed by atoms with Crippen LogP contribution >= 0.6 is 11.3 Å². The highest BCUT2D eigenvalue weighted by Gasteiger charge is 2.35. The first-order chi connectivity index (χ1) is 14.0. The number of quaternary nitrogens is 1. The summed E-state index contributed by atoms with van der Waals surface area (Å²) in [5.41, 5.74) is 2.79. The zero-order valence-electron chi connectivity index (χ0n) is 16.3. The maximum Gasteiger partial charge on any atom is 0.256 e. The van der Waals surface area contributed by atoms with E-state index in [2.05, 4.69) is 24.5 Å². The molecule has 1 unspecified atom stereocenters.